The molecule has 2 atom stereocenters. The van der Waals surface area contributed by atoms with Crippen LogP contribution in [-0.2, 0) is 6.54 Å². The maximum absolute atomic E-state index is 10.8. The van der Waals surface area contributed by atoms with Crippen LogP contribution in [0.5, 0.6) is 0 Å². The van der Waals surface area contributed by atoms with E-state index in [1.54, 1.807) is 6.07 Å². The van der Waals surface area contributed by atoms with E-state index in [4.69, 9.17) is 0 Å². The summed E-state index contributed by atoms with van der Waals surface area (Å²) >= 11 is 3.32. The Bertz CT molecular complexity index is 451. The van der Waals surface area contributed by atoms with Crippen LogP contribution in [-0.4, -0.2) is 11.0 Å². The zero-order valence-electron chi connectivity index (χ0n) is 10.4. The molecular weight excluding hydrogens is 296 g/mol. The first kappa shape index (κ1) is 13.5. The minimum Gasteiger partial charge on any atom is -0.310 e. The number of rotatable bonds is 4. The van der Waals surface area contributed by atoms with Crippen molar-refractivity contribution < 1.29 is 4.92 Å². The summed E-state index contributed by atoms with van der Waals surface area (Å²) in [6, 6.07) is 5.72. The maximum Gasteiger partial charge on any atom is 0.283 e. The predicted octanol–water partition coefficient (Wildman–Crippen LogP) is 3.64. The lowest BCUT2D eigenvalue weighted by Crippen LogP contribution is -2.25. The zero-order chi connectivity index (χ0) is 13.1. The van der Waals surface area contributed by atoms with Gasteiger partial charge in [0, 0.05) is 18.7 Å². The lowest BCUT2D eigenvalue weighted by molar-refractivity contribution is -0.385. The fourth-order valence-electron chi connectivity index (χ4n) is 2.49. The highest BCUT2D eigenvalue weighted by Gasteiger charge is 2.21. The van der Waals surface area contributed by atoms with Crippen molar-refractivity contribution in [2.24, 2.45) is 5.92 Å². The summed E-state index contributed by atoms with van der Waals surface area (Å²) in [5.74, 6) is 0.788. The summed E-state index contributed by atoms with van der Waals surface area (Å²) in [4.78, 5) is 10.5. The second-order valence-corrected chi connectivity index (χ2v) is 5.80. The van der Waals surface area contributed by atoms with E-state index in [0.717, 1.165) is 11.5 Å². The van der Waals surface area contributed by atoms with Crippen LogP contribution in [0.15, 0.2) is 22.7 Å². The lowest BCUT2D eigenvalue weighted by Gasteiger charge is -2.13. The normalized spacial score (nSPS) is 23.2. The van der Waals surface area contributed by atoms with E-state index in [-0.39, 0.29) is 10.6 Å². The average molecular weight is 313 g/mol. The van der Waals surface area contributed by atoms with Gasteiger partial charge in [-0.1, -0.05) is 19.1 Å². The van der Waals surface area contributed by atoms with E-state index in [0.29, 0.717) is 17.1 Å². The van der Waals surface area contributed by atoms with E-state index in [1.165, 1.54) is 25.3 Å². The van der Waals surface area contributed by atoms with Crippen LogP contribution in [0.4, 0.5) is 5.69 Å². The van der Waals surface area contributed by atoms with Crippen molar-refractivity contribution in [2.45, 2.75) is 38.8 Å². The number of hydrogen-bond donors (Lipinski definition) is 1. The van der Waals surface area contributed by atoms with Gasteiger partial charge in [-0.15, -0.1) is 0 Å². The molecule has 0 saturated heterocycles. The smallest absolute Gasteiger partial charge is 0.283 e. The molecule has 1 aromatic carbocycles. The summed E-state index contributed by atoms with van der Waals surface area (Å²) in [6.45, 7) is 2.95. The van der Waals surface area contributed by atoms with Crippen LogP contribution in [0.2, 0.25) is 0 Å². The highest BCUT2D eigenvalue weighted by molar-refractivity contribution is 9.10. The molecule has 0 aromatic heterocycles. The van der Waals surface area contributed by atoms with Gasteiger partial charge in [0.25, 0.3) is 5.69 Å². The molecule has 0 bridgehead atoms. The highest BCUT2D eigenvalue weighted by Crippen LogP contribution is 2.29. The molecule has 18 heavy (non-hydrogen) atoms. The Balaban J connectivity index is 2.01. The van der Waals surface area contributed by atoms with E-state index in [1.807, 2.05) is 6.07 Å². The minimum absolute atomic E-state index is 0.133. The Morgan fingerprint density at radius 3 is 2.89 bits per heavy atom. The van der Waals surface area contributed by atoms with E-state index in [9.17, 15) is 10.1 Å². The second kappa shape index (κ2) is 5.80. The topological polar surface area (TPSA) is 55.2 Å². The number of benzene rings is 1. The molecular formula is C13H17BrN2O2. The molecule has 5 heteroatoms. The molecule has 98 valence electrons. The van der Waals surface area contributed by atoms with Crippen LogP contribution >= 0.6 is 15.9 Å². The fourth-order valence-corrected chi connectivity index (χ4v) is 3.04. The first-order chi connectivity index (χ1) is 8.58. The summed E-state index contributed by atoms with van der Waals surface area (Å²) in [7, 11) is 0. The maximum atomic E-state index is 10.8. The number of halogens is 1. The van der Waals surface area contributed by atoms with Crippen molar-refractivity contribution in [1.82, 2.24) is 5.32 Å². The SMILES string of the molecule is CC1CCC(NCc2cccc([N+](=O)[O-])c2Br)C1. The van der Waals surface area contributed by atoms with Crippen LogP contribution in [0.25, 0.3) is 0 Å². The minimum atomic E-state index is -0.356. The molecule has 0 radical (unpaired) electrons. The quantitative estimate of drug-likeness (QED) is 0.682. The second-order valence-electron chi connectivity index (χ2n) is 5.00. The average Bonchev–Trinajstić information content (AvgIpc) is 2.73. The van der Waals surface area contributed by atoms with Crippen molar-refractivity contribution in [3.05, 3.63) is 38.3 Å². The molecule has 1 aliphatic carbocycles. The van der Waals surface area contributed by atoms with Crippen molar-refractivity contribution in [1.29, 1.82) is 0 Å². The Labute approximate surface area is 115 Å². The van der Waals surface area contributed by atoms with Gasteiger partial charge in [0.1, 0.15) is 0 Å². The van der Waals surface area contributed by atoms with Gasteiger partial charge in [0.2, 0.25) is 0 Å². The Hall–Kier alpha value is -0.940. The molecule has 0 heterocycles. The molecule has 1 N–H and O–H groups in total. The molecule has 1 saturated carbocycles. The summed E-state index contributed by atoms with van der Waals surface area (Å²) < 4.78 is 0.591. The van der Waals surface area contributed by atoms with Gasteiger partial charge < -0.3 is 5.32 Å². The molecule has 2 unspecified atom stereocenters. The van der Waals surface area contributed by atoms with Crippen molar-refractivity contribution >= 4 is 21.6 Å². The van der Waals surface area contributed by atoms with Gasteiger partial charge in [0.05, 0.1) is 9.40 Å². The molecule has 1 fully saturated rings. The highest BCUT2D eigenvalue weighted by atomic mass is 79.9. The summed E-state index contributed by atoms with van der Waals surface area (Å²) in [5, 5.41) is 14.3. The lowest BCUT2D eigenvalue weighted by atomic mass is 10.1. The molecule has 1 aromatic rings. The molecule has 0 aliphatic heterocycles. The van der Waals surface area contributed by atoms with Gasteiger partial charge in [-0.2, -0.15) is 0 Å². The van der Waals surface area contributed by atoms with Crippen LogP contribution in [0.1, 0.15) is 31.7 Å². The summed E-state index contributed by atoms with van der Waals surface area (Å²) in [6.07, 6.45) is 3.67. The first-order valence-electron chi connectivity index (χ1n) is 6.23. The van der Waals surface area contributed by atoms with Crippen LogP contribution < -0.4 is 5.32 Å². The van der Waals surface area contributed by atoms with E-state index < -0.39 is 0 Å². The van der Waals surface area contributed by atoms with Crippen molar-refractivity contribution in [3.63, 3.8) is 0 Å². The third-order valence-corrected chi connectivity index (χ3v) is 4.45. The summed E-state index contributed by atoms with van der Waals surface area (Å²) in [5.41, 5.74) is 1.08. The third-order valence-electron chi connectivity index (χ3n) is 3.53. The molecule has 0 amide bonds. The standard InChI is InChI=1S/C13H17BrN2O2/c1-9-5-6-11(7-9)15-8-10-3-2-4-12(13(10)14)16(17)18/h2-4,9,11,15H,5-8H2,1H3. The number of hydrogen-bond acceptors (Lipinski definition) is 3. The number of nitro groups is 1. The Morgan fingerprint density at radius 2 is 2.28 bits per heavy atom. The van der Waals surface area contributed by atoms with Crippen molar-refractivity contribution in [3.8, 4) is 0 Å². The molecule has 4 nitrogen and oxygen atoms in total. The predicted molar refractivity (Wildman–Crippen MR) is 74.4 cm³/mol. The van der Waals surface area contributed by atoms with E-state index in [2.05, 4.69) is 28.2 Å². The van der Waals surface area contributed by atoms with Gasteiger partial charge in [-0.05, 0) is 46.7 Å². The Morgan fingerprint density at radius 1 is 1.50 bits per heavy atom. The first-order valence-corrected chi connectivity index (χ1v) is 7.02. The van der Waals surface area contributed by atoms with Gasteiger partial charge in [0.15, 0.2) is 0 Å². The van der Waals surface area contributed by atoms with Gasteiger partial charge in [-0.3, -0.25) is 10.1 Å². The molecule has 2 rings (SSSR count). The molecule has 0 spiro atoms. The largest absolute Gasteiger partial charge is 0.310 e. The van der Waals surface area contributed by atoms with E-state index >= 15 is 0 Å². The fraction of sp³-hybridized carbons (Fsp3) is 0.538. The van der Waals surface area contributed by atoms with Crippen LogP contribution in [0.3, 0.4) is 0 Å². The third kappa shape index (κ3) is 3.09. The number of nitro benzene ring substituents is 1. The monoisotopic (exact) mass is 312 g/mol. The number of nitrogens with one attached hydrogen (secondary N) is 1. The van der Waals surface area contributed by atoms with Gasteiger partial charge in [-0.25, -0.2) is 0 Å². The molecule has 1 aliphatic rings. The zero-order valence-corrected chi connectivity index (χ0v) is 11.9. The Kier molecular flexibility index (Phi) is 4.35. The number of nitrogens with zero attached hydrogens (tertiary/aromatic N) is 1. The van der Waals surface area contributed by atoms with Crippen LogP contribution in [0, 0.1) is 16.0 Å². The van der Waals surface area contributed by atoms with Gasteiger partial charge >= 0.3 is 0 Å². The van der Waals surface area contributed by atoms with Crippen molar-refractivity contribution in [2.75, 3.05) is 0 Å².